The summed E-state index contributed by atoms with van der Waals surface area (Å²) in [5.41, 5.74) is 1.83. The van der Waals surface area contributed by atoms with Gasteiger partial charge in [-0.15, -0.1) is 0 Å². The van der Waals surface area contributed by atoms with Crippen molar-refractivity contribution in [1.29, 1.82) is 5.26 Å². The van der Waals surface area contributed by atoms with Gasteiger partial charge >= 0.3 is 0 Å². The zero-order chi connectivity index (χ0) is 8.81. The van der Waals surface area contributed by atoms with Gasteiger partial charge in [0.15, 0.2) is 0 Å². The van der Waals surface area contributed by atoms with Gasteiger partial charge < -0.3 is 0 Å². The first-order valence-corrected chi connectivity index (χ1v) is 4.20. The van der Waals surface area contributed by atoms with Crippen molar-refractivity contribution in [1.82, 2.24) is 0 Å². The molecule has 0 spiro atoms. The van der Waals surface area contributed by atoms with Crippen LogP contribution in [0, 0.1) is 17.8 Å². The van der Waals surface area contributed by atoms with Crippen molar-refractivity contribution in [3.8, 4) is 6.07 Å². The van der Waals surface area contributed by atoms with Gasteiger partial charge in [-0.2, -0.15) is 5.26 Å². The lowest BCUT2D eigenvalue weighted by atomic mass is 10.0. The van der Waals surface area contributed by atoms with E-state index < -0.39 is 0 Å². The first-order valence-electron chi connectivity index (χ1n) is 4.20. The zero-order valence-electron chi connectivity index (χ0n) is 7.25. The van der Waals surface area contributed by atoms with E-state index in [2.05, 4.69) is 19.4 Å². The van der Waals surface area contributed by atoms with Crippen molar-refractivity contribution in [2.75, 3.05) is 0 Å². The fourth-order valence-corrected chi connectivity index (χ4v) is 1.08. The highest BCUT2D eigenvalue weighted by Crippen LogP contribution is 2.12. The van der Waals surface area contributed by atoms with Gasteiger partial charge in [0.05, 0.1) is 11.6 Å². The van der Waals surface area contributed by atoms with Crippen LogP contribution in [0.3, 0.4) is 0 Å². The topological polar surface area (TPSA) is 23.8 Å². The molecule has 1 nitrogen and oxygen atoms in total. The van der Waals surface area contributed by atoms with Crippen LogP contribution in [0.5, 0.6) is 0 Å². The summed E-state index contributed by atoms with van der Waals surface area (Å²) in [6.45, 7) is 2.13. The standard InChI is InChI=1S/C11H12N/c1-2-3-6-10-7-4-5-8-11(10)9-12/h4-8H,2-3H2,1H3. The van der Waals surface area contributed by atoms with E-state index in [0.717, 1.165) is 24.0 Å². The van der Waals surface area contributed by atoms with E-state index in [1.54, 1.807) is 0 Å². The van der Waals surface area contributed by atoms with Gasteiger partial charge in [-0.05, 0) is 24.5 Å². The number of unbranched alkanes of at least 4 members (excludes halogenated alkanes) is 1. The molecule has 0 saturated heterocycles. The molecule has 0 aliphatic heterocycles. The maximum absolute atomic E-state index is 8.75. The predicted molar refractivity (Wildman–Crippen MR) is 49.5 cm³/mol. The lowest BCUT2D eigenvalue weighted by molar-refractivity contribution is 0.913. The molecule has 1 aromatic rings. The predicted octanol–water partition coefficient (Wildman–Crippen LogP) is 2.91. The minimum Gasteiger partial charge on any atom is -0.192 e. The Morgan fingerprint density at radius 1 is 1.42 bits per heavy atom. The molecule has 1 heteroatoms. The fraction of sp³-hybridized carbons (Fsp3) is 0.273. The molecule has 0 fully saturated rings. The third-order valence-electron chi connectivity index (χ3n) is 1.73. The van der Waals surface area contributed by atoms with E-state index in [1.807, 2.05) is 24.3 Å². The van der Waals surface area contributed by atoms with Crippen LogP contribution in [0.2, 0.25) is 0 Å². The molecule has 0 aromatic heterocycles. The molecule has 0 unspecified atom stereocenters. The highest BCUT2D eigenvalue weighted by atomic mass is 14.2. The Hall–Kier alpha value is -1.29. The van der Waals surface area contributed by atoms with Crippen molar-refractivity contribution in [2.24, 2.45) is 0 Å². The third kappa shape index (κ3) is 2.10. The van der Waals surface area contributed by atoms with E-state index in [4.69, 9.17) is 5.26 Å². The molecule has 0 aliphatic carbocycles. The summed E-state index contributed by atoms with van der Waals surface area (Å²) in [5, 5.41) is 8.75. The van der Waals surface area contributed by atoms with Gasteiger partial charge in [-0.3, -0.25) is 0 Å². The second-order valence-corrected chi connectivity index (χ2v) is 2.69. The Morgan fingerprint density at radius 2 is 2.17 bits per heavy atom. The summed E-state index contributed by atoms with van der Waals surface area (Å²) in [6.07, 6.45) is 4.27. The van der Waals surface area contributed by atoms with E-state index in [-0.39, 0.29) is 0 Å². The first-order chi connectivity index (χ1) is 5.88. The smallest absolute Gasteiger partial charge is 0.0994 e. The molecule has 0 aliphatic rings. The average molecular weight is 158 g/mol. The van der Waals surface area contributed by atoms with Crippen molar-refractivity contribution in [3.05, 3.63) is 41.8 Å². The van der Waals surface area contributed by atoms with Crippen LogP contribution < -0.4 is 0 Å². The van der Waals surface area contributed by atoms with Gasteiger partial charge in [0.25, 0.3) is 0 Å². The number of nitriles is 1. The molecule has 1 radical (unpaired) electrons. The van der Waals surface area contributed by atoms with E-state index >= 15 is 0 Å². The molecule has 0 N–H and O–H groups in total. The van der Waals surface area contributed by atoms with E-state index in [1.165, 1.54) is 0 Å². The molecule has 1 aromatic carbocycles. The van der Waals surface area contributed by atoms with Gasteiger partial charge in [0.2, 0.25) is 0 Å². The average Bonchev–Trinajstić information content (AvgIpc) is 2.15. The Labute approximate surface area is 73.6 Å². The maximum Gasteiger partial charge on any atom is 0.0994 e. The Balaban J connectivity index is 2.77. The molecule has 0 heterocycles. The van der Waals surface area contributed by atoms with Gasteiger partial charge in [-0.1, -0.05) is 31.5 Å². The second-order valence-electron chi connectivity index (χ2n) is 2.69. The molecule has 0 saturated carbocycles. The number of nitrogens with zero attached hydrogens (tertiary/aromatic N) is 1. The highest BCUT2D eigenvalue weighted by Gasteiger charge is 1.98. The summed E-state index contributed by atoms with van der Waals surface area (Å²) < 4.78 is 0. The van der Waals surface area contributed by atoms with Crippen molar-refractivity contribution < 1.29 is 0 Å². The first kappa shape index (κ1) is 8.80. The Morgan fingerprint density at radius 3 is 2.83 bits per heavy atom. The number of rotatable bonds is 3. The minimum absolute atomic E-state index is 0.769. The van der Waals surface area contributed by atoms with E-state index in [9.17, 15) is 0 Å². The van der Waals surface area contributed by atoms with Crippen molar-refractivity contribution in [3.63, 3.8) is 0 Å². The van der Waals surface area contributed by atoms with Crippen LogP contribution in [-0.2, 0) is 0 Å². The fourth-order valence-electron chi connectivity index (χ4n) is 1.08. The normalized spacial score (nSPS) is 9.33. The quantitative estimate of drug-likeness (QED) is 0.663. The Bertz CT molecular complexity index is 283. The van der Waals surface area contributed by atoms with Gasteiger partial charge in [-0.25, -0.2) is 0 Å². The van der Waals surface area contributed by atoms with Crippen molar-refractivity contribution >= 4 is 0 Å². The monoisotopic (exact) mass is 158 g/mol. The van der Waals surface area contributed by atoms with Crippen LogP contribution in [0.4, 0.5) is 0 Å². The molecular formula is C11H12N. The maximum atomic E-state index is 8.75. The number of hydrogen-bond donors (Lipinski definition) is 0. The highest BCUT2D eigenvalue weighted by molar-refractivity contribution is 5.41. The summed E-state index contributed by atoms with van der Waals surface area (Å²) in [6, 6.07) is 9.85. The zero-order valence-corrected chi connectivity index (χ0v) is 7.25. The molecule has 0 amide bonds. The lowest BCUT2D eigenvalue weighted by Crippen LogP contribution is -1.86. The third-order valence-corrected chi connectivity index (χ3v) is 1.73. The Kier molecular flexibility index (Phi) is 3.35. The lowest BCUT2D eigenvalue weighted by Gasteiger charge is -2.00. The molecule has 61 valence electrons. The van der Waals surface area contributed by atoms with Gasteiger partial charge in [0.1, 0.15) is 0 Å². The molecular weight excluding hydrogens is 146 g/mol. The number of benzene rings is 1. The molecule has 12 heavy (non-hydrogen) atoms. The summed E-state index contributed by atoms with van der Waals surface area (Å²) in [5.74, 6) is 0. The van der Waals surface area contributed by atoms with Crippen LogP contribution in [-0.4, -0.2) is 0 Å². The number of hydrogen-bond acceptors (Lipinski definition) is 1. The van der Waals surface area contributed by atoms with Crippen LogP contribution in [0.1, 0.15) is 30.9 Å². The molecule has 0 bridgehead atoms. The molecule has 0 atom stereocenters. The van der Waals surface area contributed by atoms with Crippen molar-refractivity contribution in [2.45, 2.75) is 19.8 Å². The van der Waals surface area contributed by atoms with Crippen LogP contribution in [0.15, 0.2) is 24.3 Å². The van der Waals surface area contributed by atoms with Crippen LogP contribution in [0.25, 0.3) is 0 Å². The SMILES string of the molecule is CCC[CH]c1ccccc1C#N. The summed E-state index contributed by atoms with van der Waals surface area (Å²) in [7, 11) is 0. The van der Waals surface area contributed by atoms with E-state index in [0.29, 0.717) is 0 Å². The summed E-state index contributed by atoms with van der Waals surface area (Å²) >= 11 is 0. The second kappa shape index (κ2) is 4.56. The summed E-state index contributed by atoms with van der Waals surface area (Å²) in [4.78, 5) is 0. The van der Waals surface area contributed by atoms with Gasteiger partial charge in [0, 0.05) is 0 Å². The largest absolute Gasteiger partial charge is 0.192 e. The molecule has 1 rings (SSSR count). The minimum atomic E-state index is 0.769. The van der Waals surface area contributed by atoms with Crippen LogP contribution >= 0.6 is 0 Å².